The van der Waals surface area contributed by atoms with Crippen LogP contribution in [0.15, 0.2) is 16.7 Å². The monoisotopic (exact) mass is 282 g/mol. The first-order chi connectivity index (χ1) is 9.68. The van der Waals surface area contributed by atoms with Crippen LogP contribution in [0.5, 0.6) is 0 Å². The molecule has 2 heterocycles. The molecule has 1 aliphatic rings. The van der Waals surface area contributed by atoms with Gasteiger partial charge in [-0.05, 0) is 6.07 Å². The zero-order valence-corrected chi connectivity index (χ0v) is 11.1. The van der Waals surface area contributed by atoms with Gasteiger partial charge in [-0.3, -0.25) is 4.79 Å². The normalized spacial score (nSPS) is 15.3. The Morgan fingerprint density at radius 3 is 2.80 bits per heavy atom. The molecule has 0 radical (unpaired) electrons. The maximum absolute atomic E-state index is 11.9. The number of amides is 1. The van der Waals surface area contributed by atoms with Crippen molar-refractivity contribution in [3.63, 3.8) is 0 Å². The maximum atomic E-state index is 11.9. The van der Waals surface area contributed by atoms with Crippen LogP contribution in [0.3, 0.4) is 0 Å². The van der Waals surface area contributed by atoms with Crippen LogP contribution in [0.25, 0.3) is 0 Å². The van der Waals surface area contributed by atoms with Crippen molar-refractivity contribution in [2.75, 3.05) is 32.8 Å². The van der Waals surface area contributed by atoms with Gasteiger partial charge in [0, 0.05) is 38.2 Å². The summed E-state index contributed by atoms with van der Waals surface area (Å²) in [6, 6.07) is 1.61. The third-order valence-electron chi connectivity index (χ3n) is 3.14. The Hall–Kier alpha value is -1.86. The van der Waals surface area contributed by atoms with E-state index in [0.29, 0.717) is 51.4 Å². The molecule has 0 atom stereocenters. The molecule has 20 heavy (non-hydrogen) atoms. The van der Waals surface area contributed by atoms with Gasteiger partial charge in [0.15, 0.2) is 0 Å². The van der Waals surface area contributed by atoms with Crippen LogP contribution in [0.2, 0.25) is 0 Å². The number of ether oxygens (including phenoxy) is 1. The molecule has 1 fully saturated rings. The molecule has 1 amide bonds. The minimum absolute atomic E-state index is 0.0583. The molecule has 0 aliphatic carbocycles. The summed E-state index contributed by atoms with van der Waals surface area (Å²) in [5, 5.41) is 11.9. The summed E-state index contributed by atoms with van der Waals surface area (Å²) in [5.41, 5.74) is 0.580. The molecule has 7 nitrogen and oxygen atoms in total. The summed E-state index contributed by atoms with van der Waals surface area (Å²) in [4.78, 5) is 24.5. The minimum Gasteiger partial charge on any atom is -0.475 e. The van der Waals surface area contributed by atoms with Crippen LogP contribution in [0.1, 0.15) is 22.5 Å². The van der Waals surface area contributed by atoms with Crippen molar-refractivity contribution in [3.05, 3.63) is 23.7 Å². The predicted octanol–water partition coefficient (Wildman–Crippen LogP) is 0.316. The molecular formula is C13H18N2O5. The Morgan fingerprint density at radius 2 is 2.10 bits per heavy atom. The molecule has 0 spiro atoms. The lowest BCUT2D eigenvalue weighted by Crippen LogP contribution is -2.41. The van der Waals surface area contributed by atoms with E-state index < -0.39 is 5.97 Å². The molecule has 1 aromatic heterocycles. The Bertz CT molecular complexity index is 465. The van der Waals surface area contributed by atoms with Gasteiger partial charge in [0.05, 0.1) is 19.5 Å². The Labute approximate surface area is 116 Å². The second kappa shape index (κ2) is 7.06. The summed E-state index contributed by atoms with van der Waals surface area (Å²) in [7, 11) is 0. The van der Waals surface area contributed by atoms with Crippen molar-refractivity contribution in [2.24, 2.45) is 0 Å². The first-order valence-corrected chi connectivity index (χ1v) is 6.54. The number of hydrogen-bond acceptors (Lipinski definition) is 5. The first kappa shape index (κ1) is 14.5. The molecule has 0 bridgehead atoms. The zero-order valence-electron chi connectivity index (χ0n) is 11.1. The van der Waals surface area contributed by atoms with Gasteiger partial charge in [-0.25, -0.2) is 4.79 Å². The van der Waals surface area contributed by atoms with E-state index in [2.05, 4.69) is 5.32 Å². The number of morpholine rings is 1. The molecule has 7 heteroatoms. The van der Waals surface area contributed by atoms with Gasteiger partial charge < -0.3 is 24.5 Å². The highest BCUT2D eigenvalue weighted by Gasteiger charge is 2.16. The number of furan rings is 1. The summed E-state index contributed by atoms with van der Waals surface area (Å²) >= 11 is 0. The number of carbonyl (C=O) groups excluding carboxylic acids is 1. The van der Waals surface area contributed by atoms with Crippen LogP contribution in [-0.4, -0.2) is 54.7 Å². The largest absolute Gasteiger partial charge is 0.475 e. The average Bonchev–Trinajstić information content (AvgIpc) is 2.93. The average molecular weight is 282 g/mol. The lowest BCUT2D eigenvalue weighted by molar-refractivity contribution is -0.135. The smallest absolute Gasteiger partial charge is 0.372 e. The van der Waals surface area contributed by atoms with Crippen LogP contribution in [0.4, 0.5) is 0 Å². The van der Waals surface area contributed by atoms with Crippen molar-refractivity contribution >= 4 is 11.9 Å². The third kappa shape index (κ3) is 3.82. The van der Waals surface area contributed by atoms with E-state index in [0.717, 1.165) is 0 Å². The van der Waals surface area contributed by atoms with Crippen LogP contribution < -0.4 is 5.32 Å². The summed E-state index contributed by atoms with van der Waals surface area (Å²) in [5.74, 6) is -1.06. The van der Waals surface area contributed by atoms with Gasteiger partial charge >= 0.3 is 5.97 Å². The molecule has 0 aromatic carbocycles. The van der Waals surface area contributed by atoms with Crippen molar-refractivity contribution in [3.8, 4) is 0 Å². The minimum atomic E-state index is -1.09. The van der Waals surface area contributed by atoms with E-state index in [1.165, 1.54) is 6.26 Å². The molecule has 1 saturated heterocycles. The SMILES string of the molecule is O=C(O)c1occc1CNCCC(=O)N1CCOCC1. The van der Waals surface area contributed by atoms with E-state index in [9.17, 15) is 9.59 Å². The number of nitrogens with one attached hydrogen (secondary N) is 1. The van der Waals surface area contributed by atoms with Crippen LogP contribution in [0, 0.1) is 0 Å². The fraction of sp³-hybridized carbons (Fsp3) is 0.538. The van der Waals surface area contributed by atoms with Crippen molar-refractivity contribution in [1.82, 2.24) is 10.2 Å². The lowest BCUT2D eigenvalue weighted by Gasteiger charge is -2.26. The Morgan fingerprint density at radius 1 is 1.35 bits per heavy atom. The van der Waals surface area contributed by atoms with E-state index in [1.54, 1.807) is 11.0 Å². The number of rotatable bonds is 6. The maximum Gasteiger partial charge on any atom is 0.372 e. The molecule has 1 aromatic rings. The molecule has 1 aliphatic heterocycles. The fourth-order valence-electron chi connectivity index (χ4n) is 2.05. The topological polar surface area (TPSA) is 92.0 Å². The number of hydrogen-bond donors (Lipinski definition) is 2. The summed E-state index contributed by atoms with van der Waals surface area (Å²) in [6.07, 6.45) is 1.74. The van der Waals surface area contributed by atoms with Crippen molar-refractivity contribution in [1.29, 1.82) is 0 Å². The van der Waals surface area contributed by atoms with Crippen molar-refractivity contribution in [2.45, 2.75) is 13.0 Å². The molecule has 0 saturated carbocycles. The molecule has 2 rings (SSSR count). The number of aromatic carboxylic acids is 1. The molecule has 110 valence electrons. The van der Waals surface area contributed by atoms with E-state index in [1.807, 2.05) is 0 Å². The van der Waals surface area contributed by atoms with Gasteiger partial charge in [-0.1, -0.05) is 0 Å². The summed E-state index contributed by atoms with van der Waals surface area (Å²) < 4.78 is 10.1. The number of carboxylic acid groups (broad SMARTS) is 1. The second-order valence-electron chi connectivity index (χ2n) is 4.50. The highest BCUT2D eigenvalue weighted by atomic mass is 16.5. The predicted molar refractivity (Wildman–Crippen MR) is 69.4 cm³/mol. The quantitative estimate of drug-likeness (QED) is 0.730. The molecular weight excluding hydrogens is 264 g/mol. The zero-order chi connectivity index (χ0) is 14.4. The van der Waals surface area contributed by atoms with Crippen LogP contribution in [-0.2, 0) is 16.1 Å². The van der Waals surface area contributed by atoms with Crippen LogP contribution >= 0.6 is 0 Å². The molecule has 0 unspecified atom stereocenters. The highest BCUT2D eigenvalue weighted by molar-refractivity contribution is 5.86. The van der Waals surface area contributed by atoms with Gasteiger partial charge in [0.2, 0.25) is 11.7 Å². The van der Waals surface area contributed by atoms with Gasteiger partial charge in [-0.2, -0.15) is 0 Å². The number of carboxylic acids is 1. The number of carbonyl (C=O) groups is 2. The number of nitrogens with zero attached hydrogens (tertiary/aromatic N) is 1. The Kier molecular flexibility index (Phi) is 5.14. The highest BCUT2D eigenvalue weighted by Crippen LogP contribution is 2.10. The first-order valence-electron chi connectivity index (χ1n) is 6.54. The van der Waals surface area contributed by atoms with Gasteiger partial charge in [-0.15, -0.1) is 0 Å². The van der Waals surface area contributed by atoms with Gasteiger partial charge in [0.1, 0.15) is 0 Å². The van der Waals surface area contributed by atoms with Gasteiger partial charge in [0.25, 0.3) is 0 Å². The Balaban J connectivity index is 1.69. The second-order valence-corrected chi connectivity index (χ2v) is 4.50. The van der Waals surface area contributed by atoms with E-state index >= 15 is 0 Å². The van der Waals surface area contributed by atoms with Crippen molar-refractivity contribution < 1.29 is 23.8 Å². The van der Waals surface area contributed by atoms with E-state index in [-0.39, 0.29) is 11.7 Å². The lowest BCUT2D eigenvalue weighted by atomic mass is 10.2. The molecule has 2 N–H and O–H groups in total. The third-order valence-corrected chi connectivity index (χ3v) is 3.14. The standard InChI is InChI=1S/C13H18N2O5/c16-11(15-4-7-19-8-5-15)1-3-14-9-10-2-6-20-12(10)13(17)18/h2,6,14H,1,3-5,7-9H2,(H,17,18). The summed E-state index contributed by atoms with van der Waals surface area (Å²) in [6.45, 7) is 3.34. The van der Waals surface area contributed by atoms with E-state index in [4.69, 9.17) is 14.3 Å². The fourth-order valence-corrected chi connectivity index (χ4v) is 2.05.